The fraction of sp³-hybridized carbons (Fsp3) is 0.125. The van der Waals surface area contributed by atoms with E-state index in [1.165, 1.54) is 4.90 Å². The van der Waals surface area contributed by atoms with Crippen LogP contribution in [0.5, 0.6) is 0 Å². The van der Waals surface area contributed by atoms with Crippen molar-refractivity contribution in [3.63, 3.8) is 0 Å². The highest BCUT2D eigenvalue weighted by atomic mass is 16.2. The smallest absolute Gasteiger partial charge is 0.234 e. The molecule has 0 saturated carbocycles. The Labute approximate surface area is 121 Å². The predicted molar refractivity (Wildman–Crippen MR) is 78.8 cm³/mol. The van der Waals surface area contributed by atoms with Crippen LogP contribution < -0.4 is 4.90 Å². The third-order valence-electron chi connectivity index (χ3n) is 3.20. The van der Waals surface area contributed by atoms with E-state index < -0.39 is 0 Å². The van der Waals surface area contributed by atoms with Crippen molar-refractivity contribution in [3.05, 3.63) is 54.6 Å². The average molecular weight is 279 g/mol. The first kappa shape index (κ1) is 13.2. The summed E-state index contributed by atoms with van der Waals surface area (Å²) in [6.45, 7) is 0. The molecule has 1 fully saturated rings. The molecule has 104 valence electrons. The molecule has 0 spiro atoms. The third-order valence-corrected chi connectivity index (χ3v) is 3.20. The zero-order chi connectivity index (χ0) is 14.7. The number of azo groups is 1. The molecular formula is C16H13N3O2. The van der Waals surface area contributed by atoms with Crippen molar-refractivity contribution in [2.45, 2.75) is 12.8 Å². The van der Waals surface area contributed by atoms with Crippen molar-refractivity contribution >= 4 is 28.9 Å². The van der Waals surface area contributed by atoms with Gasteiger partial charge in [-0.1, -0.05) is 18.2 Å². The van der Waals surface area contributed by atoms with Crippen LogP contribution in [0.3, 0.4) is 0 Å². The maximum Gasteiger partial charge on any atom is 0.234 e. The molecule has 1 heterocycles. The van der Waals surface area contributed by atoms with Crippen molar-refractivity contribution in [2.24, 2.45) is 10.2 Å². The van der Waals surface area contributed by atoms with E-state index in [0.717, 1.165) is 5.69 Å². The molecule has 5 heteroatoms. The summed E-state index contributed by atoms with van der Waals surface area (Å²) >= 11 is 0. The van der Waals surface area contributed by atoms with E-state index in [-0.39, 0.29) is 24.7 Å². The Hall–Kier alpha value is -2.82. The van der Waals surface area contributed by atoms with E-state index in [1.807, 2.05) is 30.3 Å². The topological polar surface area (TPSA) is 62.1 Å². The molecule has 0 aromatic heterocycles. The number of imide groups is 1. The lowest BCUT2D eigenvalue weighted by molar-refractivity contribution is -0.121. The first-order valence-corrected chi connectivity index (χ1v) is 6.67. The van der Waals surface area contributed by atoms with Gasteiger partial charge in [-0.2, -0.15) is 10.2 Å². The van der Waals surface area contributed by atoms with Crippen molar-refractivity contribution < 1.29 is 9.59 Å². The molecule has 1 aliphatic heterocycles. The maximum atomic E-state index is 11.6. The number of hydrogen-bond acceptors (Lipinski definition) is 4. The van der Waals surface area contributed by atoms with Gasteiger partial charge in [0.05, 0.1) is 17.1 Å². The summed E-state index contributed by atoms with van der Waals surface area (Å²) in [5.41, 5.74) is 2.02. The lowest BCUT2D eigenvalue weighted by atomic mass is 10.2. The highest BCUT2D eigenvalue weighted by Gasteiger charge is 2.29. The van der Waals surface area contributed by atoms with Gasteiger partial charge in [0.2, 0.25) is 11.8 Å². The summed E-state index contributed by atoms with van der Waals surface area (Å²) in [7, 11) is 0. The van der Waals surface area contributed by atoms with Crippen molar-refractivity contribution in [3.8, 4) is 0 Å². The fourth-order valence-corrected chi connectivity index (χ4v) is 2.14. The van der Waals surface area contributed by atoms with Gasteiger partial charge in [-0.05, 0) is 36.4 Å². The van der Waals surface area contributed by atoms with Crippen LogP contribution in [-0.2, 0) is 9.59 Å². The molecule has 2 aromatic carbocycles. The molecule has 0 radical (unpaired) electrons. The summed E-state index contributed by atoms with van der Waals surface area (Å²) in [5, 5.41) is 8.23. The first-order valence-electron chi connectivity index (χ1n) is 6.67. The van der Waals surface area contributed by atoms with Crippen LogP contribution in [0.2, 0.25) is 0 Å². The monoisotopic (exact) mass is 279 g/mol. The minimum atomic E-state index is -0.154. The third kappa shape index (κ3) is 2.86. The van der Waals surface area contributed by atoms with Crippen molar-refractivity contribution in [2.75, 3.05) is 4.90 Å². The van der Waals surface area contributed by atoms with Gasteiger partial charge in [-0.15, -0.1) is 0 Å². The zero-order valence-corrected chi connectivity index (χ0v) is 11.3. The minimum Gasteiger partial charge on any atom is -0.274 e. The number of hydrogen-bond donors (Lipinski definition) is 0. The Morgan fingerprint density at radius 1 is 0.714 bits per heavy atom. The maximum absolute atomic E-state index is 11.6. The molecule has 0 bridgehead atoms. The van der Waals surface area contributed by atoms with E-state index in [1.54, 1.807) is 24.3 Å². The standard InChI is InChI=1S/C16H13N3O2/c20-15-10-11-16(21)19(15)14-8-6-13(7-9-14)18-17-12-4-2-1-3-5-12/h1-9H,10-11H2. The molecule has 3 rings (SSSR count). The quantitative estimate of drug-likeness (QED) is 0.634. The number of nitrogens with zero attached hydrogens (tertiary/aromatic N) is 3. The van der Waals surface area contributed by atoms with Gasteiger partial charge in [0, 0.05) is 12.8 Å². The van der Waals surface area contributed by atoms with Crippen LogP contribution in [0.25, 0.3) is 0 Å². The molecule has 0 atom stereocenters. The summed E-state index contributed by atoms with van der Waals surface area (Å²) in [4.78, 5) is 24.5. The van der Waals surface area contributed by atoms with Gasteiger partial charge in [-0.3, -0.25) is 14.5 Å². The largest absolute Gasteiger partial charge is 0.274 e. The van der Waals surface area contributed by atoms with Crippen molar-refractivity contribution in [1.82, 2.24) is 0 Å². The Kier molecular flexibility index (Phi) is 3.55. The van der Waals surface area contributed by atoms with Crippen LogP contribution in [0, 0.1) is 0 Å². The lowest BCUT2D eigenvalue weighted by Crippen LogP contribution is -2.28. The molecule has 2 amide bonds. The molecule has 0 aliphatic carbocycles. The number of benzene rings is 2. The van der Waals surface area contributed by atoms with E-state index in [2.05, 4.69) is 10.2 Å². The number of rotatable bonds is 3. The lowest BCUT2D eigenvalue weighted by Gasteiger charge is -2.13. The minimum absolute atomic E-state index is 0.154. The van der Waals surface area contributed by atoms with Crippen LogP contribution in [0.1, 0.15) is 12.8 Å². The van der Waals surface area contributed by atoms with Crippen LogP contribution in [0.15, 0.2) is 64.8 Å². The van der Waals surface area contributed by atoms with Gasteiger partial charge in [0.15, 0.2) is 0 Å². The molecule has 0 unspecified atom stereocenters. The van der Waals surface area contributed by atoms with E-state index in [0.29, 0.717) is 11.4 Å². The van der Waals surface area contributed by atoms with E-state index in [9.17, 15) is 9.59 Å². The molecule has 1 saturated heterocycles. The first-order chi connectivity index (χ1) is 10.2. The normalized spacial score (nSPS) is 15.1. The second kappa shape index (κ2) is 5.66. The second-order valence-electron chi connectivity index (χ2n) is 4.67. The van der Waals surface area contributed by atoms with Gasteiger partial charge in [0.1, 0.15) is 0 Å². The van der Waals surface area contributed by atoms with Crippen LogP contribution in [0.4, 0.5) is 17.1 Å². The summed E-state index contributed by atoms with van der Waals surface area (Å²) in [6, 6.07) is 16.3. The number of carbonyl (C=O) groups is 2. The molecular weight excluding hydrogens is 266 g/mol. The van der Waals surface area contributed by atoms with Gasteiger partial charge in [-0.25, -0.2) is 0 Å². The number of carbonyl (C=O) groups excluding carboxylic acids is 2. The molecule has 0 N–H and O–H groups in total. The Morgan fingerprint density at radius 3 is 1.81 bits per heavy atom. The van der Waals surface area contributed by atoms with Gasteiger partial charge in [0.25, 0.3) is 0 Å². The summed E-state index contributed by atoms with van der Waals surface area (Å²) in [5.74, 6) is -0.308. The van der Waals surface area contributed by atoms with Gasteiger partial charge < -0.3 is 0 Å². The SMILES string of the molecule is O=C1CCC(=O)N1c1ccc(N=Nc2ccccc2)cc1. The van der Waals surface area contributed by atoms with E-state index in [4.69, 9.17) is 0 Å². The summed E-state index contributed by atoms with van der Waals surface area (Å²) in [6.07, 6.45) is 0.572. The number of amides is 2. The predicted octanol–water partition coefficient (Wildman–Crippen LogP) is 3.76. The van der Waals surface area contributed by atoms with E-state index >= 15 is 0 Å². The van der Waals surface area contributed by atoms with Gasteiger partial charge >= 0.3 is 0 Å². The highest BCUT2D eigenvalue weighted by molar-refractivity contribution is 6.19. The van der Waals surface area contributed by atoms with Crippen LogP contribution >= 0.6 is 0 Å². The average Bonchev–Trinajstić information content (AvgIpc) is 2.86. The molecule has 1 aliphatic rings. The molecule has 21 heavy (non-hydrogen) atoms. The Morgan fingerprint density at radius 2 is 1.24 bits per heavy atom. The Balaban J connectivity index is 1.77. The Bertz CT molecular complexity index is 677. The van der Waals surface area contributed by atoms with Crippen LogP contribution in [-0.4, -0.2) is 11.8 Å². The fourth-order valence-electron chi connectivity index (χ4n) is 2.14. The zero-order valence-electron chi connectivity index (χ0n) is 11.3. The molecule has 2 aromatic rings. The summed E-state index contributed by atoms with van der Waals surface area (Å²) < 4.78 is 0. The molecule has 5 nitrogen and oxygen atoms in total. The van der Waals surface area contributed by atoms with Crippen molar-refractivity contribution in [1.29, 1.82) is 0 Å². The second-order valence-corrected chi connectivity index (χ2v) is 4.67. The highest BCUT2D eigenvalue weighted by Crippen LogP contribution is 2.25. The number of anilines is 1.